The Labute approximate surface area is 119 Å². The van der Waals surface area contributed by atoms with Crippen LogP contribution in [0, 0.1) is 6.92 Å². The average molecular weight is 275 g/mol. The standard InChI is InChI=1S/C16H21NOS/c1-11(2)13-6-4-5-7-14(13)18-15(10-17)16-12(3)8-9-19-16/h4-9,11,15H,10,17H2,1-3H3. The molecule has 0 aliphatic heterocycles. The topological polar surface area (TPSA) is 35.2 Å². The maximum Gasteiger partial charge on any atom is 0.145 e. The molecule has 0 radical (unpaired) electrons. The van der Waals surface area contributed by atoms with Gasteiger partial charge in [0.25, 0.3) is 0 Å². The van der Waals surface area contributed by atoms with Gasteiger partial charge >= 0.3 is 0 Å². The summed E-state index contributed by atoms with van der Waals surface area (Å²) in [5.41, 5.74) is 8.37. The van der Waals surface area contributed by atoms with Crippen LogP contribution in [0.1, 0.15) is 41.9 Å². The zero-order chi connectivity index (χ0) is 13.8. The van der Waals surface area contributed by atoms with Crippen LogP contribution in [-0.2, 0) is 0 Å². The predicted octanol–water partition coefficient (Wildman–Crippen LogP) is 4.26. The van der Waals surface area contributed by atoms with E-state index in [1.54, 1.807) is 11.3 Å². The summed E-state index contributed by atoms with van der Waals surface area (Å²) in [6, 6.07) is 10.3. The Hall–Kier alpha value is -1.32. The maximum atomic E-state index is 6.17. The molecule has 2 aromatic rings. The molecule has 19 heavy (non-hydrogen) atoms. The lowest BCUT2D eigenvalue weighted by molar-refractivity contribution is 0.214. The number of para-hydroxylation sites is 1. The SMILES string of the molecule is Cc1ccsc1C(CN)Oc1ccccc1C(C)C. The average Bonchev–Trinajstić information content (AvgIpc) is 2.82. The van der Waals surface area contributed by atoms with Crippen molar-refractivity contribution in [1.82, 2.24) is 0 Å². The van der Waals surface area contributed by atoms with E-state index in [4.69, 9.17) is 10.5 Å². The molecule has 1 aromatic carbocycles. The fourth-order valence-corrected chi connectivity index (χ4v) is 3.11. The third-order valence-corrected chi connectivity index (χ3v) is 4.33. The van der Waals surface area contributed by atoms with E-state index >= 15 is 0 Å². The Bertz CT molecular complexity index is 533. The minimum Gasteiger partial charge on any atom is -0.483 e. The normalized spacial score (nSPS) is 12.7. The summed E-state index contributed by atoms with van der Waals surface area (Å²) in [6.45, 7) is 6.95. The molecule has 2 N–H and O–H groups in total. The van der Waals surface area contributed by atoms with Crippen molar-refractivity contribution in [2.45, 2.75) is 32.8 Å². The molecule has 102 valence electrons. The molecule has 0 saturated heterocycles. The van der Waals surface area contributed by atoms with Gasteiger partial charge in [0.15, 0.2) is 0 Å². The van der Waals surface area contributed by atoms with Crippen molar-refractivity contribution in [1.29, 1.82) is 0 Å². The summed E-state index contributed by atoms with van der Waals surface area (Å²) in [4.78, 5) is 1.22. The minimum atomic E-state index is -0.0556. The predicted molar refractivity (Wildman–Crippen MR) is 82.0 cm³/mol. The molecule has 2 rings (SSSR count). The number of nitrogens with two attached hydrogens (primary N) is 1. The van der Waals surface area contributed by atoms with Crippen molar-refractivity contribution < 1.29 is 4.74 Å². The molecule has 0 spiro atoms. The van der Waals surface area contributed by atoms with Gasteiger partial charge in [-0.1, -0.05) is 32.0 Å². The molecular weight excluding hydrogens is 254 g/mol. The van der Waals surface area contributed by atoms with Crippen molar-refractivity contribution in [3.63, 3.8) is 0 Å². The molecule has 1 unspecified atom stereocenters. The molecule has 1 heterocycles. The summed E-state index contributed by atoms with van der Waals surface area (Å²) in [6.07, 6.45) is -0.0556. The van der Waals surface area contributed by atoms with Crippen molar-refractivity contribution in [2.24, 2.45) is 5.73 Å². The molecule has 0 saturated carbocycles. The second-order valence-electron chi connectivity index (χ2n) is 5.00. The van der Waals surface area contributed by atoms with Gasteiger partial charge in [-0.3, -0.25) is 0 Å². The van der Waals surface area contributed by atoms with Gasteiger partial charge in [-0.15, -0.1) is 11.3 Å². The molecule has 0 aliphatic rings. The molecule has 3 heteroatoms. The second-order valence-corrected chi connectivity index (χ2v) is 5.95. The summed E-state index contributed by atoms with van der Waals surface area (Å²) < 4.78 is 6.17. The molecular formula is C16H21NOS. The highest BCUT2D eigenvalue weighted by Gasteiger charge is 2.17. The lowest BCUT2D eigenvalue weighted by atomic mass is 10.0. The van der Waals surface area contributed by atoms with E-state index in [-0.39, 0.29) is 6.10 Å². The van der Waals surface area contributed by atoms with Crippen molar-refractivity contribution in [2.75, 3.05) is 6.54 Å². The Balaban J connectivity index is 2.27. The van der Waals surface area contributed by atoms with Crippen LogP contribution in [0.5, 0.6) is 5.75 Å². The number of thiophene rings is 1. The monoisotopic (exact) mass is 275 g/mol. The lowest BCUT2D eigenvalue weighted by Gasteiger charge is -2.20. The van der Waals surface area contributed by atoms with Gasteiger partial charge in [-0.05, 0) is 41.5 Å². The van der Waals surface area contributed by atoms with E-state index < -0.39 is 0 Å². The molecule has 1 atom stereocenters. The van der Waals surface area contributed by atoms with Crippen molar-refractivity contribution >= 4 is 11.3 Å². The third kappa shape index (κ3) is 3.17. The number of hydrogen-bond acceptors (Lipinski definition) is 3. The molecule has 0 amide bonds. The number of aryl methyl sites for hydroxylation is 1. The first-order valence-electron chi connectivity index (χ1n) is 6.63. The van der Waals surface area contributed by atoms with Crippen molar-refractivity contribution in [3.05, 3.63) is 51.7 Å². The van der Waals surface area contributed by atoms with Crippen LogP contribution in [0.3, 0.4) is 0 Å². The first kappa shape index (κ1) is 14.1. The Morgan fingerprint density at radius 3 is 2.53 bits per heavy atom. The van der Waals surface area contributed by atoms with Crippen molar-refractivity contribution in [3.8, 4) is 5.75 Å². The van der Waals surface area contributed by atoms with Crippen LogP contribution in [0.25, 0.3) is 0 Å². The van der Waals surface area contributed by atoms with Gasteiger partial charge in [0, 0.05) is 11.4 Å². The van der Waals surface area contributed by atoms with E-state index in [2.05, 4.69) is 44.4 Å². The smallest absolute Gasteiger partial charge is 0.145 e. The Morgan fingerprint density at radius 1 is 1.21 bits per heavy atom. The first-order valence-corrected chi connectivity index (χ1v) is 7.51. The summed E-state index contributed by atoms with van der Waals surface area (Å²) in [7, 11) is 0. The quantitative estimate of drug-likeness (QED) is 0.885. The molecule has 0 aliphatic carbocycles. The highest BCUT2D eigenvalue weighted by atomic mass is 32.1. The van der Waals surface area contributed by atoms with Gasteiger partial charge in [-0.2, -0.15) is 0 Å². The Kier molecular flexibility index (Phi) is 4.61. The van der Waals surface area contributed by atoms with Crippen LogP contribution in [0.4, 0.5) is 0 Å². The fraction of sp³-hybridized carbons (Fsp3) is 0.375. The molecule has 0 bridgehead atoms. The summed E-state index contributed by atoms with van der Waals surface area (Å²) in [5, 5.41) is 2.09. The maximum absolute atomic E-state index is 6.17. The van der Waals surface area contributed by atoms with Crippen LogP contribution in [0.2, 0.25) is 0 Å². The number of rotatable bonds is 5. The zero-order valence-corrected chi connectivity index (χ0v) is 12.5. The van der Waals surface area contributed by atoms with E-state index in [9.17, 15) is 0 Å². The summed E-state index contributed by atoms with van der Waals surface area (Å²) in [5.74, 6) is 1.39. The zero-order valence-electron chi connectivity index (χ0n) is 11.7. The highest BCUT2D eigenvalue weighted by molar-refractivity contribution is 7.10. The van der Waals surface area contributed by atoms with Crippen LogP contribution < -0.4 is 10.5 Å². The third-order valence-electron chi connectivity index (χ3n) is 3.22. The number of benzene rings is 1. The van der Waals surface area contributed by atoms with Crippen LogP contribution in [-0.4, -0.2) is 6.54 Å². The van der Waals surface area contributed by atoms with Gasteiger partial charge in [0.05, 0.1) is 0 Å². The van der Waals surface area contributed by atoms with E-state index in [1.807, 2.05) is 12.1 Å². The van der Waals surface area contributed by atoms with Gasteiger partial charge < -0.3 is 10.5 Å². The largest absolute Gasteiger partial charge is 0.483 e. The van der Waals surface area contributed by atoms with Crippen LogP contribution in [0.15, 0.2) is 35.7 Å². The lowest BCUT2D eigenvalue weighted by Crippen LogP contribution is -2.18. The number of hydrogen-bond donors (Lipinski definition) is 1. The molecule has 2 nitrogen and oxygen atoms in total. The van der Waals surface area contributed by atoms with E-state index in [0.717, 1.165) is 5.75 Å². The van der Waals surface area contributed by atoms with Gasteiger partial charge in [0.1, 0.15) is 11.9 Å². The van der Waals surface area contributed by atoms with Crippen LogP contribution >= 0.6 is 11.3 Å². The van der Waals surface area contributed by atoms with E-state index in [1.165, 1.54) is 16.0 Å². The fourth-order valence-electron chi connectivity index (χ4n) is 2.14. The van der Waals surface area contributed by atoms with E-state index in [0.29, 0.717) is 12.5 Å². The summed E-state index contributed by atoms with van der Waals surface area (Å²) >= 11 is 1.71. The highest BCUT2D eigenvalue weighted by Crippen LogP contribution is 2.32. The first-order chi connectivity index (χ1) is 9.13. The minimum absolute atomic E-state index is 0.0556. The van der Waals surface area contributed by atoms with Gasteiger partial charge in [-0.25, -0.2) is 0 Å². The number of ether oxygens (including phenoxy) is 1. The van der Waals surface area contributed by atoms with Gasteiger partial charge in [0.2, 0.25) is 0 Å². The molecule has 1 aromatic heterocycles. The molecule has 0 fully saturated rings. The Morgan fingerprint density at radius 2 is 1.95 bits per heavy atom. The second kappa shape index (κ2) is 6.22.